The van der Waals surface area contributed by atoms with Crippen molar-refractivity contribution >= 4 is 5.91 Å². The minimum absolute atomic E-state index is 0.00190. The van der Waals surface area contributed by atoms with Crippen LogP contribution in [0.3, 0.4) is 0 Å². The Morgan fingerprint density at radius 2 is 1.94 bits per heavy atom. The molecular weight excluding hydrogens is 445 g/mol. The lowest BCUT2D eigenvalue weighted by atomic mass is 10.1. The first kappa shape index (κ1) is 23.2. The summed E-state index contributed by atoms with van der Waals surface area (Å²) in [5.74, 6) is 6.19. The number of halogens is 3. The fraction of sp³-hybridized carbons (Fsp3) is 0.280. The van der Waals surface area contributed by atoms with Crippen molar-refractivity contribution < 1.29 is 18.0 Å². The summed E-state index contributed by atoms with van der Waals surface area (Å²) in [7, 11) is 0. The lowest BCUT2D eigenvalue weighted by molar-refractivity contribution is -0.140. The van der Waals surface area contributed by atoms with Gasteiger partial charge in [-0.05, 0) is 36.6 Å². The molecule has 4 rings (SSSR count). The third-order valence-corrected chi connectivity index (χ3v) is 5.20. The summed E-state index contributed by atoms with van der Waals surface area (Å²) in [6.07, 6.45) is -1.25. The molecule has 1 amide bonds. The van der Waals surface area contributed by atoms with E-state index in [0.717, 1.165) is 24.6 Å². The van der Waals surface area contributed by atoms with Gasteiger partial charge in [-0.3, -0.25) is 14.6 Å². The summed E-state index contributed by atoms with van der Waals surface area (Å²) >= 11 is 0. The molecule has 1 aromatic carbocycles. The van der Waals surface area contributed by atoms with Crippen LogP contribution in [-0.2, 0) is 17.5 Å². The van der Waals surface area contributed by atoms with Crippen LogP contribution >= 0.6 is 0 Å². The van der Waals surface area contributed by atoms with Gasteiger partial charge >= 0.3 is 6.18 Å². The second kappa shape index (κ2) is 9.51. The quantitative estimate of drug-likeness (QED) is 0.549. The average molecular weight is 466 g/mol. The molecule has 9 heteroatoms. The van der Waals surface area contributed by atoms with Crippen LogP contribution < -0.4 is 10.9 Å². The Morgan fingerprint density at radius 1 is 1.21 bits per heavy atom. The summed E-state index contributed by atoms with van der Waals surface area (Å²) in [5.41, 5.74) is -0.209. The predicted molar refractivity (Wildman–Crippen MR) is 120 cm³/mol. The number of hydrogen-bond donors (Lipinski definition) is 2. The molecule has 6 nitrogen and oxygen atoms in total. The van der Waals surface area contributed by atoms with Gasteiger partial charge in [-0.1, -0.05) is 30.9 Å². The molecule has 0 radical (unpaired) electrons. The minimum Gasteiger partial charge on any atom is -0.352 e. The highest BCUT2D eigenvalue weighted by Gasteiger charge is 2.36. The van der Waals surface area contributed by atoms with Crippen molar-refractivity contribution in [2.75, 3.05) is 0 Å². The van der Waals surface area contributed by atoms with Gasteiger partial charge in [0.15, 0.2) is 5.69 Å². The van der Waals surface area contributed by atoms with E-state index in [0.29, 0.717) is 17.0 Å². The Bertz CT molecular complexity index is 1330. The number of carbonyl (C=O) groups excluding carboxylic acids is 1. The van der Waals surface area contributed by atoms with E-state index in [-0.39, 0.29) is 36.0 Å². The number of alkyl halides is 3. The molecular formula is C25H21F3N4O2. The molecule has 2 heterocycles. The summed E-state index contributed by atoms with van der Waals surface area (Å²) in [5, 5.41) is 2.60. The number of hydrogen-bond acceptors (Lipinski definition) is 4. The van der Waals surface area contributed by atoms with E-state index in [2.05, 4.69) is 32.1 Å². The molecule has 34 heavy (non-hydrogen) atoms. The van der Waals surface area contributed by atoms with E-state index in [1.807, 2.05) is 0 Å². The normalized spacial score (nSPS) is 13.2. The highest BCUT2D eigenvalue weighted by Crippen LogP contribution is 2.35. The third kappa shape index (κ3) is 5.70. The van der Waals surface area contributed by atoms with E-state index in [9.17, 15) is 22.8 Å². The number of H-pyrrole nitrogens is 1. The van der Waals surface area contributed by atoms with Crippen LogP contribution in [0.15, 0.2) is 47.4 Å². The molecule has 1 saturated carbocycles. The fourth-order valence-electron chi connectivity index (χ4n) is 3.21. The molecule has 2 N–H and O–H groups in total. The average Bonchev–Trinajstić information content (AvgIpc) is 3.65. The Hall–Kier alpha value is -3.93. The summed E-state index contributed by atoms with van der Waals surface area (Å²) in [6.45, 7) is 1.66. The number of rotatable bonds is 5. The molecule has 1 aliphatic carbocycles. The molecule has 2 aromatic heterocycles. The van der Waals surface area contributed by atoms with Crippen molar-refractivity contribution in [3.63, 3.8) is 0 Å². The van der Waals surface area contributed by atoms with Gasteiger partial charge < -0.3 is 10.3 Å². The lowest BCUT2D eigenvalue weighted by Crippen LogP contribution is -2.22. The SMILES string of the molecule is CCC(=O)NCc1cnc(C(F)(F)F)c(-c2nc(-c3ccc(C#CC4CC4)cc3)cc(=O)[nH]2)c1. The zero-order valence-corrected chi connectivity index (χ0v) is 18.3. The van der Waals surface area contributed by atoms with Gasteiger partial charge in [0.25, 0.3) is 5.56 Å². The van der Waals surface area contributed by atoms with Crippen LogP contribution in [0.2, 0.25) is 0 Å². The number of aromatic amines is 1. The number of carbonyl (C=O) groups is 1. The third-order valence-electron chi connectivity index (χ3n) is 5.20. The maximum atomic E-state index is 13.7. The number of pyridine rings is 1. The second-order valence-electron chi connectivity index (χ2n) is 7.97. The van der Waals surface area contributed by atoms with Crippen molar-refractivity contribution in [2.45, 2.75) is 38.9 Å². The number of aromatic nitrogens is 3. The first-order valence-corrected chi connectivity index (χ1v) is 10.8. The monoisotopic (exact) mass is 466 g/mol. The summed E-state index contributed by atoms with van der Waals surface area (Å²) < 4.78 is 41.0. The largest absolute Gasteiger partial charge is 0.434 e. The van der Waals surface area contributed by atoms with Gasteiger partial charge in [0, 0.05) is 47.8 Å². The first-order valence-electron chi connectivity index (χ1n) is 10.8. The zero-order chi connectivity index (χ0) is 24.3. The molecule has 3 aromatic rings. The molecule has 0 atom stereocenters. The maximum absolute atomic E-state index is 13.7. The Morgan fingerprint density at radius 3 is 2.59 bits per heavy atom. The Kier molecular flexibility index (Phi) is 6.50. The molecule has 0 unspecified atom stereocenters. The van der Waals surface area contributed by atoms with E-state index in [1.54, 1.807) is 31.2 Å². The predicted octanol–water partition coefficient (Wildman–Crippen LogP) is 4.31. The van der Waals surface area contributed by atoms with Gasteiger partial charge in [-0.25, -0.2) is 4.98 Å². The number of amides is 1. The Balaban J connectivity index is 1.71. The van der Waals surface area contributed by atoms with Crippen LogP contribution in [0, 0.1) is 17.8 Å². The van der Waals surface area contributed by atoms with Crippen molar-refractivity contribution in [1.82, 2.24) is 20.3 Å². The molecule has 0 saturated heterocycles. The number of benzene rings is 1. The second-order valence-corrected chi connectivity index (χ2v) is 7.97. The first-order chi connectivity index (χ1) is 16.2. The van der Waals surface area contributed by atoms with Crippen LogP contribution in [0.1, 0.15) is 43.0 Å². The van der Waals surface area contributed by atoms with Crippen molar-refractivity contribution in [2.24, 2.45) is 5.92 Å². The molecule has 0 spiro atoms. The molecule has 0 aliphatic heterocycles. The van der Waals surface area contributed by atoms with E-state index in [4.69, 9.17) is 0 Å². The Labute approximate surface area is 193 Å². The van der Waals surface area contributed by atoms with E-state index in [1.165, 1.54) is 12.1 Å². The van der Waals surface area contributed by atoms with E-state index >= 15 is 0 Å². The smallest absolute Gasteiger partial charge is 0.352 e. The molecule has 0 bridgehead atoms. The van der Waals surface area contributed by atoms with Gasteiger partial charge in [-0.15, -0.1) is 0 Å². The summed E-state index contributed by atoms with van der Waals surface area (Å²) in [4.78, 5) is 34.1. The van der Waals surface area contributed by atoms with E-state index < -0.39 is 17.4 Å². The standard InChI is InChI=1S/C25H21F3N4O2/c1-2-21(33)29-13-17-11-19(23(30-14-17)25(26,27)28)24-31-20(12-22(34)32-24)18-9-7-16(8-10-18)6-5-15-3-4-15/h7-12,14-15H,2-4,13H2,1H3,(H,29,33)(H,31,32,34). The highest BCUT2D eigenvalue weighted by atomic mass is 19.4. The van der Waals surface area contributed by atoms with Crippen LogP contribution in [-0.4, -0.2) is 20.9 Å². The van der Waals surface area contributed by atoms with Crippen molar-refractivity contribution in [1.29, 1.82) is 0 Å². The number of nitrogens with one attached hydrogen (secondary N) is 2. The van der Waals surface area contributed by atoms with Gasteiger partial charge in [-0.2, -0.15) is 13.2 Å². The van der Waals surface area contributed by atoms with Gasteiger partial charge in [0.05, 0.1) is 5.69 Å². The lowest BCUT2D eigenvalue weighted by Gasteiger charge is -2.14. The zero-order valence-electron chi connectivity index (χ0n) is 18.3. The minimum atomic E-state index is -4.77. The van der Waals surface area contributed by atoms with Crippen molar-refractivity contribution in [3.8, 4) is 34.5 Å². The van der Waals surface area contributed by atoms with Gasteiger partial charge in [0.2, 0.25) is 5.91 Å². The molecule has 174 valence electrons. The van der Waals surface area contributed by atoms with Crippen LogP contribution in [0.25, 0.3) is 22.6 Å². The maximum Gasteiger partial charge on any atom is 0.434 e. The topological polar surface area (TPSA) is 87.7 Å². The van der Waals surface area contributed by atoms with Crippen molar-refractivity contribution in [3.05, 3.63) is 69.8 Å². The molecule has 1 fully saturated rings. The van der Waals surface area contributed by atoms with Crippen LogP contribution in [0.4, 0.5) is 13.2 Å². The fourth-order valence-corrected chi connectivity index (χ4v) is 3.21. The van der Waals surface area contributed by atoms with Crippen LogP contribution in [0.5, 0.6) is 0 Å². The van der Waals surface area contributed by atoms with Gasteiger partial charge in [0.1, 0.15) is 5.82 Å². The highest BCUT2D eigenvalue weighted by molar-refractivity contribution is 5.75. The number of nitrogens with zero attached hydrogens (tertiary/aromatic N) is 2. The molecule has 1 aliphatic rings. The summed E-state index contributed by atoms with van der Waals surface area (Å²) in [6, 6.07) is 9.47.